The summed E-state index contributed by atoms with van der Waals surface area (Å²) in [6.45, 7) is 0. The van der Waals surface area contributed by atoms with Crippen LogP contribution in [0.4, 0.5) is 10.5 Å². The van der Waals surface area contributed by atoms with E-state index < -0.39 is 11.0 Å². The lowest BCUT2D eigenvalue weighted by Crippen LogP contribution is -2.24. The maximum Gasteiger partial charge on any atom is 0.332 e. The Labute approximate surface area is 84.7 Å². The Bertz CT molecular complexity index is 416. The van der Waals surface area contributed by atoms with E-state index in [0.717, 1.165) is 0 Å². The third kappa shape index (κ3) is 3.43. The Hall–Kier alpha value is -2.44. The van der Waals surface area contributed by atoms with E-state index in [2.05, 4.69) is 5.10 Å². The second-order valence-corrected chi connectivity index (χ2v) is 2.59. The molecule has 0 saturated heterocycles. The topological polar surface area (TPSA) is 111 Å². The van der Waals surface area contributed by atoms with Gasteiger partial charge in [-0.1, -0.05) is 12.1 Å². The van der Waals surface area contributed by atoms with Crippen molar-refractivity contribution in [2.75, 3.05) is 0 Å². The lowest BCUT2D eigenvalue weighted by Gasteiger charge is -1.94. The monoisotopic (exact) mass is 208 g/mol. The molecule has 0 spiro atoms. The average Bonchev–Trinajstić information content (AvgIpc) is 2.17. The van der Waals surface area contributed by atoms with Crippen molar-refractivity contribution in [3.05, 3.63) is 39.9 Å². The molecule has 78 valence electrons. The number of nitro groups is 1. The van der Waals surface area contributed by atoms with E-state index >= 15 is 0 Å². The van der Waals surface area contributed by atoms with Crippen LogP contribution in [0.5, 0.6) is 0 Å². The second kappa shape index (κ2) is 4.70. The number of benzene rings is 1. The smallest absolute Gasteiger partial charge is 0.332 e. The number of non-ortho nitro benzene ring substituents is 1. The molecule has 7 heteroatoms. The van der Waals surface area contributed by atoms with E-state index in [-0.39, 0.29) is 5.69 Å². The summed E-state index contributed by atoms with van der Waals surface area (Å²) in [5.74, 6) is 0. The zero-order chi connectivity index (χ0) is 11.3. The van der Waals surface area contributed by atoms with Gasteiger partial charge in [0.1, 0.15) is 0 Å². The summed E-state index contributed by atoms with van der Waals surface area (Å²) in [5.41, 5.74) is 7.20. The van der Waals surface area contributed by atoms with Crippen LogP contribution in [-0.4, -0.2) is 17.2 Å². The molecular formula is C8H8N4O3. The van der Waals surface area contributed by atoms with Crippen LogP contribution in [0.15, 0.2) is 29.4 Å². The van der Waals surface area contributed by atoms with Crippen molar-refractivity contribution in [2.45, 2.75) is 0 Å². The predicted molar refractivity (Wildman–Crippen MR) is 53.4 cm³/mol. The summed E-state index contributed by atoms with van der Waals surface area (Å²) in [6, 6.07) is 5.02. The molecule has 0 aliphatic rings. The van der Waals surface area contributed by atoms with Crippen LogP contribution in [0, 0.1) is 10.1 Å². The molecule has 0 aromatic heterocycles. The van der Waals surface area contributed by atoms with Gasteiger partial charge in [-0.15, -0.1) is 0 Å². The van der Waals surface area contributed by atoms with Gasteiger partial charge in [-0.25, -0.2) is 10.2 Å². The molecule has 0 saturated carbocycles. The standard InChI is InChI=1S/C8H8N4O3/c9-8(13)11-10-5-6-2-1-3-7(4-6)12(14)15/h1-5H,(H3,9,11,13)/b10-5-. The predicted octanol–water partition coefficient (Wildman–Crippen LogP) is 0.597. The lowest BCUT2D eigenvalue weighted by atomic mass is 10.2. The molecular weight excluding hydrogens is 200 g/mol. The highest BCUT2D eigenvalue weighted by atomic mass is 16.6. The summed E-state index contributed by atoms with van der Waals surface area (Å²) in [7, 11) is 0. The van der Waals surface area contributed by atoms with Crippen molar-refractivity contribution in [1.29, 1.82) is 0 Å². The molecule has 0 aliphatic carbocycles. The fourth-order valence-corrected chi connectivity index (χ4v) is 0.889. The number of nitrogens with two attached hydrogens (primary N) is 1. The molecule has 2 amide bonds. The zero-order valence-corrected chi connectivity index (χ0v) is 7.58. The third-order valence-electron chi connectivity index (χ3n) is 1.47. The number of carbonyl (C=O) groups is 1. The van der Waals surface area contributed by atoms with Crippen LogP contribution in [0.3, 0.4) is 0 Å². The molecule has 0 aliphatic heterocycles. The lowest BCUT2D eigenvalue weighted by molar-refractivity contribution is -0.384. The van der Waals surface area contributed by atoms with Crippen molar-refractivity contribution >= 4 is 17.9 Å². The molecule has 0 fully saturated rings. The average molecular weight is 208 g/mol. The molecule has 1 rings (SSSR count). The number of carbonyl (C=O) groups excluding carboxylic acids is 1. The van der Waals surface area contributed by atoms with Gasteiger partial charge in [-0.2, -0.15) is 5.10 Å². The number of nitrogens with zero attached hydrogens (tertiary/aromatic N) is 2. The minimum absolute atomic E-state index is 0.0435. The molecule has 0 radical (unpaired) electrons. The summed E-state index contributed by atoms with van der Waals surface area (Å²) in [5, 5.41) is 13.9. The number of hydrogen-bond donors (Lipinski definition) is 2. The minimum atomic E-state index is -0.795. The molecule has 0 bridgehead atoms. The summed E-state index contributed by atoms with van der Waals surface area (Å²) >= 11 is 0. The number of hydrogen-bond acceptors (Lipinski definition) is 4. The van der Waals surface area contributed by atoms with Gasteiger partial charge in [0.05, 0.1) is 11.1 Å². The molecule has 0 unspecified atom stereocenters. The first-order valence-electron chi connectivity index (χ1n) is 3.92. The van der Waals surface area contributed by atoms with Crippen molar-refractivity contribution in [3.8, 4) is 0 Å². The third-order valence-corrected chi connectivity index (χ3v) is 1.47. The fraction of sp³-hybridized carbons (Fsp3) is 0. The molecule has 1 aromatic carbocycles. The van der Waals surface area contributed by atoms with E-state index in [0.29, 0.717) is 5.56 Å². The van der Waals surface area contributed by atoms with Crippen LogP contribution in [-0.2, 0) is 0 Å². The van der Waals surface area contributed by atoms with E-state index in [1.165, 1.54) is 24.4 Å². The minimum Gasteiger partial charge on any atom is -0.350 e. The summed E-state index contributed by atoms with van der Waals surface area (Å²) in [4.78, 5) is 20.1. The fourth-order valence-electron chi connectivity index (χ4n) is 0.889. The van der Waals surface area contributed by atoms with Gasteiger partial charge in [0.2, 0.25) is 0 Å². The van der Waals surface area contributed by atoms with Crippen molar-refractivity contribution in [1.82, 2.24) is 5.43 Å². The Morgan fingerprint density at radius 1 is 1.60 bits per heavy atom. The summed E-state index contributed by atoms with van der Waals surface area (Å²) < 4.78 is 0. The molecule has 3 N–H and O–H groups in total. The molecule has 0 atom stereocenters. The molecule has 15 heavy (non-hydrogen) atoms. The number of urea groups is 1. The Morgan fingerprint density at radius 2 is 2.33 bits per heavy atom. The van der Waals surface area contributed by atoms with Gasteiger partial charge in [0, 0.05) is 17.7 Å². The van der Waals surface area contributed by atoms with Crippen molar-refractivity contribution in [2.24, 2.45) is 10.8 Å². The van der Waals surface area contributed by atoms with Gasteiger partial charge in [0.15, 0.2) is 0 Å². The van der Waals surface area contributed by atoms with E-state index in [1.807, 2.05) is 5.43 Å². The van der Waals surface area contributed by atoms with Gasteiger partial charge in [0.25, 0.3) is 5.69 Å². The van der Waals surface area contributed by atoms with Gasteiger partial charge >= 0.3 is 6.03 Å². The van der Waals surface area contributed by atoms with E-state index in [9.17, 15) is 14.9 Å². The molecule has 1 aromatic rings. The van der Waals surface area contributed by atoms with E-state index in [1.54, 1.807) is 6.07 Å². The highest BCUT2D eigenvalue weighted by Gasteiger charge is 2.03. The van der Waals surface area contributed by atoms with Crippen molar-refractivity contribution in [3.63, 3.8) is 0 Å². The number of nitrogens with one attached hydrogen (secondary N) is 1. The van der Waals surface area contributed by atoms with Crippen LogP contribution >= 0.6 is 0 Å². The maximum atomic E-state index is 10.4. The Balaban J connectivity index is 2.78. The normalized spacial score (nSPS) is 10.1. The Morgan fingerprint density at radius 3 is 2.93 bits per heavy atom. The number of amides is 2. The van der Waals surface area contributed by atoms with Crippen molar-refractivity contribution < 1.29 is 9.72 Å². The second-order valence-electron chi connectivity index (χ2n) is 2.59. The molecule has 0 heterocycles. The Kier molecular flexibility index (Phi) is 3.33. The largest absolute Gasteiger partial charge is 0.350 e. The van der Waals surface area contributed by atoms with Crippen LogP contribution in [0.2, 0.25) is 0 Å². The van der Waals surface area contributed by atoms with Gasteiger partial charge in [-0.05, 0) is 0 Å². The molecule has 7 nitrogen and oxygen atoms in total. The first-order chi connectivity index (χ1) is 7.09. The maximum absolute atomic E-state index is 10.4. The number of hydrazone groups is 1. The summed E-state index contributed by atoms with van der Waals surface area (Å²) in [6.07, 6.45) is 1.26. The van der Waals surface area contributed by atoms with Gasteiger partial charge < -0.3 is 5.73 Å². The highest BCUT2D eigenvalue weighted by Crippen LogP contribution is 2.11. The van der Waals surface area contributed by atoms with Crippen LogP contribution in [0.1, 0.15) is 5.56 Å². The zero-order valence-electron chi connectivity index (χ0n) is 7.58. The van der Waals surface area contributed by atoms with E-state index in [4.69, 9.17) is 5.73 Å². The first kappa shape index (κ1) is 10.6. The number of rotatable bonds is 3. The highest BCUT2D eigenvalue weighted by molar-refractivity contribution is 5.82. The van der Waals surface area contributed by atoms with Crippen LogP contribution in [0.25, 0.3) is 0 Å². The van der Waals surface area contributed by atoms with Gasteiger partial charge in [-0.3, -0.25) is 10.1 Å². The quantitative estimate of drug-likeness (QED) is 0.431. The SMILES string of the molecule is NC(=O)N/N=C\c1cccc([N+](=O)[O-])c1. The first-order valence-corrected chi connectivity index (χ1v) is 3.92. The van der Waals surface area contributed by atoms with Crippen LogP contribution < -0.4 is 11.2 Å². The number of nitro benzene ring substituents is 1. The number of primary amides is 1.